The summed E-state index contributed by atoms with van der Waals surface area (Å²) < 4.78 is 30.7. The molecule has 3 rings (SSSR count). The molecule has 0 spiro atoms. The van der Waals surface area contributed by atoms with E-state index in [0.29, 0.717) is 5.56 Å². The summed E-state index contributed by atoms with van der Waals surface area (Å²) >= 11 is 1.50. The summed E-state index contributed by atoms with van der Waals surface area (Å²) in [7, 11) is 0. The Balaban J connectivity index is 1.74. The second-order valence-corrected chi connectivity index (χ2v) is 6.95. The Kier molecular flexibility index (Phi) is 5.55. The molecule has 5 nitrogen and oxygen atoms in total. The minimum absolute atomic E-state index is 0.0827. The third kappa shape index (κ3) is 4.16. The number of amides is 1. The average molecular weight is 391 g/mol. The van der Waals surface area contributed by atoms with Gasteiger partial charge in [0.05, 0.1) is 11.6 Å². The number of nitrogens with one attached hydrogen (secondary N) is 1. The highest BCUT2D eigenvalue weighted by molar-refractivity contribution is 7.12. The zero-order valence-corrected chi connectivity index (χ0v) is 15.9. The number of halogens is 2. The van der Waals surface area contributed by atoms with Crippen molar-refractivity contribution in [3.8, 4) is 10.9 Å². The maximum atomic E-state index is 12.7. The topological polar surface area (TPSA) is 56.1 Å². The van der Waals surface area contributed by atoms with E-state index in [-0.39, 0.29) is 17.7 Å². The molecule has 142 valence electrons. The molecular formula is C19H19F2N3O2S. The molecule has 0 bridgehead atoms. The van der Waals surface area contributed by atoms with Crippen LogP contribution in [0.1, 0.15) is 40.3 Å². The van der Waals surface area contributed by atoms with Gasteiger partial charge in [0, 0.05) is 23.0 Å². The highest BCUT2D eigenvalue weighted by atomic mass is 32.1. The molecule has 8 heteroatoms. The highest BCUT2D eigenvalue weighted by Crippen LogP contribution is 2.24. The molecular weight excluding hydrogens is 372 g/mol. The van der Waals surface area contributed by atoms with Crippen LogP contribution in [-0.2, 0) is 0 Å². The number of carbonyl (C=O) groups is 1. The molecule has 2 aromatic heterocycles. The van der Waals surface area contributed by atoms with Gasteiger partial charge < -0.3 is 10.1 Å². The van der Waals surface area contributed by atoms with Crippen LogP contribution in [0.2, 0.25) is 0 Å². The van der Waals surface area contributed by atoms with Crippen molar-refractivity contribution in [3.63, 3.8) is 0 Å². The smallest absolute Gasteiger partial charge is 0.387 e. The molecule has 0 aliphatic heterocycles. The molecule has 1 amide bonds. The minimum atomic E-state index is -2.86. The van der Waals surface area contributed by atoms with Crippen molar-refractivity contribution in [2.75, 3.05) is 0 Å². The number of thiazole rings is 1. The third-order valence-corrected chi connectivity index (χ3v) is 5.00. The number of alkyl halides is 2. The fourth-order valence-corrected chi connectivity index (χ4v) is 3.66. The van der Waals surface area contributed by atoms with E-state index in [0.717, 1.165) is 22.1 Å². The first kappa shape index (κ1) is 19.0. The SMILES string of the molecule is Cc1cc(C(=O)NC(C)c2ccc(OC(F)F)cc2)c(C)n1-c1nccs1. The van der Waals surface area contributed by atoms with Crippen LogP contribution in [0, 0.1) is 13.8 Å². The quantitative estimate of drug-likeness (QED) is 0.666. The predicted octanol–water partition coefficient (Wildman–Crippen LogP) is 4.64. The Morgan fingerprint density at radius 1 is 1.26 bits per heavy atom. The van der Waals surface area contributed by atoms with E-state index in [1.54, 1.807) is 18.3 Å². The lowest BCUT2D eigenvalue weighted by atomic mass is 10.1. The molecule has 0 saturated heterocycles. The maximum Gasteiger partial charge on any atom is 0.387 e. The van der Waals surface area contributed by atoms with Crippen LogP contribution in [0.3, 0.4) is 0 Å². The van der Waals surface area contributed by atoms with Crippen LogP contribution in [0.15, 0.2) is 41.9 Å². The number of hydrogen-bond acceptors (Lipinski definition) is 4. The summed E-state index contributed by atoms with van der Waals surface area (Å²) in [6, 6.07) is 7.76. The van der Waals surface area contributed by atoms with Crippen molar-refractivity contribution in [1.29, 1.82) is 0 Å². The van der Waals surface area contributed by atoms with Gasteiger partial charge in [-0.05, 0) is 44.5 Å². The highest BCUT2D eigenvalue weighted by Gasteiger charge is 2.19. The number of rotatable bonds is 6. The Labute approximate surface area is 159 Å². The second-order valence-electron chi connectivity index (χ2n) is 6.08. The fourth-order valence-electron chi connectivity index (χ4n) is 2.91. The first-order valence-corrected chi connectivity index (χ1v) is 9.19. The maximum absolute atomic E-state index is 12.7. The van der Waals surface area contributed by atoms with Crippen molar-refractivity contribution in [2.24, 2.45) is 0 Å². The molecule has 2 heterocycles. The molecule has 0 aliphatic rings. The van der Waals surface area contributed by atoms with Gasteiger partial charge in [-0.15, -0.1) is 11.3 Å². The largest absolute Gasteiger partial charge is 0.435 e. The normalized spacial score (nSPS) is 12.2. The van der Waals surface area contributed by atoms with Gasteiger partial charge in [-0.1, -0.05) is 12.1 Å². The molecule has 3 aromatic rings. The van der Waals surface area contributed by atoms with Gasteiger partial charge in [0.15, 0.2) is 5.13 Å². The van der Waals surface area contributed by atoms with Crippen molar-refractivity contribution in [2.45, 2.75) is 33.4 Å². The lowest BCUT2D eigenvalue weighted by Crippen LogP contribution is -2.27. The number of carbonyl (C=O) groups excluding carboxylic acids is 1. The summed E-state index contributed by atoms with van der Waals surface area (Å²) in [6.45, 7) is 2.78. The van der Waals surface area contributed by atoms with Crippen LogP contribution in [0.4, 0.5) is 8.78 Å². The minimum Gasteiger partial charge on any atom is -0.435 e. The van der Waals surface area contributed by atoms with Crippen LogP contribution in [-0.4, -0.2) is 22.1 Å². The number of benzene rings is 1. The van der Waals surface area contributed by atoms with Gasteiger partial charge in [-0.25, -0.2) is 4.98 Å². The van der Waals surface area contributed by atoms with Gasteiger partial charge in [0.2, 0.25) is 0 Å². The molecule has 1 unspecified atom stereocenters. The summed E-state index contributed by atoms with van der Waals surface area (Å²) in [6.07, 6.45) is 1.72. The number of aromatic nitrogens is 2. The zero-order chi connectivity index (χ0) is 19.6. The predicted molar refractivity (Wildman–Crippen MR) is 99.9 cm³/mol. The summed E-state index contributed by atoms with van der Waals surface area (Å²) in [5.74, 6) is -0.120. The molecule has 0 saturated carbocycles. The first-order valence-electron chi connectivity index (χ1n) is 8.31. The van der Waals surface area contributed by atoms with Crippen LogP contribution in [0.5, 0.6) is 5.75 Å². The summed E-state index contributed by atoms with van der Waals surface area (Å²) in [5, 5.41) is 5.64. The van der Waals surface area contributed by atoms with Gasteiger partial charge in [-0.2, -0.15) is 8.78 Å². The lowest BCUT2D eigenvalue weighted by molar-refractivity contribution is -0.0498. The van der Waals surface area contributed by atoms with E-state index in [9.17, 15) is 13.6 Å². The van der Waals surface area contributed by atoms with Gasteiger partial charge in [0.1, 0.15) is 5.75 Å². The Hall–Kier alpha value is -2.74. The first-order chi connectivity index (χ1) is 12.9. The van der Waals surface area contributed by atoms with Crippen LogP contribution < -0.4 is 10.1 Å². The molecule has 27 heavy (non-hydrogen) atoms. The van der Waals surface area contributed by atoms with E-state index in [2.05, 4.69) is 15.0 Å². The molecule has 1 atom stereocenters. The Bertz CT molecular complexity index is 921. The number of nitrogens with zero attached hydrogens (tertiary/aromatic N) is 2. The average Bonchev–Trinajstić information content (AvgIpc) is 3.22. The van der Waals surface area contributed by atoms with Crippen molar-refractivity contribution >= 4 is 17.2 Å². The van der Waals surface area contributed by atoms with Crippen molar-refractivity contribution < 1.29 is 18.3 Å². The lowest BCUT2D eigenvalue weighted by Gasteiger charge is -2.15. The Morgan fingerprint density at radius 3 is 2.56 bits per heavy atom. The van der Waals surface area contributed by atoms with E-state index in [4.69, 9.17) is 0 Å². The van der Waals surface area contributed by atoms with Crippen LogP contribution >= 0.6 is 11.3 Å². The standard InChI is InChI=1S/C19H19F2N3O2S/c1-11-10-16(13(3)24(11)19-22-8-9-27-19)17(25)23-12(2)14-4-6-15(7-5-14)26-18(20)21/h4-10,12,18H,1-3H3,(H,23,25). The number of hydrogen-bond donors (Lipinski definition) is 1. The van der Waals surface area contributed by atoms with Gasteiger partial charge >= 0.3 is 6.61 Å². The third-order valence-electron chi connectivity index (χ3n) is 4.24. The van der Waals surface area contributed by atoms with Crippen molar-refractivity contribution in [1.82, 2.24) is 14.9 Å². The molecule has 0 aliphatic carbocycles. The van der Waals surface area contributed by atoms with E-state index >= 15 is 0 Å². The number of aryl methyl sites for hydroxylation is 1. The van der Waals surface area contributed by atoms with Crippen molar-refractivity contribution in [3.05, 3.63) is 64.4 Å². The molecule has 0 radical (unpaired) electrons. The monoisotopic (exact) mass is 391 g/mol. The van der Waals surface area contributed by atoms with Gasteiger partial charge in [-0.3, -0.25) is 9.36 Å². The zero-order valence-electron chi connectivity index (χ0n) is 15.1. The summed E-state index contributed by atoms with van der Waals surface area (Å²) in [5.41, 5.74) is 3.10. The molecule has 0 fully saturated rings. The van der Waals surface area contributed by atoms with E-state index in [1.165, 1.54) is 23.5 Å². The Morgan fingerprint density at radius 2 is 1.96 bits per heavy atom. The summed E-state index contributed by atoms with van der Waals surface area (Å²) in [4.78, 5) is 17.0. The van der Waals surface area contributed by atoms with E-state index in [1.807, 2.05) is 36.8 Å². The molecule has 1 aromatic carbocycles. The molecule has 1 N–H and O–H groups in total. The fraction of sp³-hybridized carbons (Fsp3) is 0.263. The number of ether oxygens (including phenoxy) is 1. The van der Waals surface area contributed by atoms with Crippen LogP contribution in [0.25, 0.3) is 5.13 Å². The van der Waals surface area contributed by atoms with E-state index < -0.39 is 6.61 Å². The van der Waals surface area contributed by atoms with Gasteiger partial charge in [0.25, 0.3) is 5.91 Å². The second kappa shape index (κ2) is 7.87.